The number of pyridine rings is 1. The number of nitrogens with zero attached hydrogens (tertiary/aromatic N) is 1. The van der Waals surface area contributed by atoms with Gasteiger partial charge in [-0.05, 0) is 19.4 Å². The summed E-state index contributed by atoms with van der Waals surface area (Å²) in [5.41, 5.74) is 0.920. The van der Waals surface area contributed by atoms with E-state index >= 15 is 0 Å². The van der Waals surface area contributed by atoms with Crippen molar-refractivity contribution in [3.8, 4) is 18.2 Å². The maximum Gasteiger partial charge on any atom is 0.213 e. The van der Waals surface area contributed by atoms with Crippen molar-refractivity contribution in [3.05, 3.63) is 18.3 Å². The zero-order valence-corrected chi connectivity index (χ0v) is 9.16. The lowest BCUT2D eigenvalue weighted by molar-refractivity contribution is 0.327. The Hall–Kier alpha value is -1.69. The van der Waals surface area contributed by atoms with Crippen LogP contribution in [0, 0.1) is 12.3 Å². The summed E-state index contributed by atoms with van der Waals surface area (Å²) in [4.78, 5) is 4.14. The van der Waals surface area contributed by atoms with E-state index in [4.69, 9.17) is 11.2 Å². The van der Waals surface area contributed by atoms with Gasteiger partial charge < -0.3 is 10.1 Å². The highest BCUT2D eigenvalue weighted by Gasteiger charge is 2.01. The van der Waals surface area contributed by atoms with Crippen LogP contribution < -0.4 is 10.1 Å². The predicted octanol–water partition coefficient (Wildman–Crippen LogP) is 2.30. The molecule has 1 aromatic heterocycles. The van der Waals surface area contributed by atoms with E-state index in [1.165, 1.54) is 0 Å². The van der Waals surface area contributed by atoms with E-state index < -0.39 is 0 Å². The lowest BCUT2D eigenvalue weighted by atomic mass is 10.2. The summed E-state index contributed by atoms with van der Waals surface area (Å²) in [5, 5.41) is 3.19. The monoisotopic (exact) mass is 204 g/mol. The lowest BCUT2D eigenvalue weighted by Gasteiger charge is -2.11. The second kappa shape index (κ2) is 5.92. The number of anilines is 1. The van der Waals surface area contributed by atoms with Crippen molar-refractivity contribution in [1.82, 2.24) is 4.98 Å². The zero-order valence-electron chi connectivity index (χ0n) is 9.16. The second-order valence-corrected chi connectivity index (χ2v) is 3.09. The average molecular weight is 204 g/mol. The minimum Gasteiger partial charge on any atom is -0.478 e. The molecule has 0 bridgehead atoms. The van der Waals surface area contributed by atoms with Crippen LogP contribution in [0.5, 0.6) is 5.88 Å². The first-order chi connectivity index (χ1) is 7.30. The molecule has 0 aromatic carbocycles. The molecule has 1 aromatic rings. The van der Waals surface area contributed by atoms with Crippen molar-refractivity contribution in [1.29, 1.82) is 0 Å². The Balaban J connectivity index is 2.60. The van der Waals surface area contributed by atoms with Gasteiger partial charge in [-0.15, -0.1) is 6.42 Å². The molecular formula is C12H16N2O. The molecule has 0 radical (unpaired) electrons. The van der Waals surface area contributed by atoms with Gasteiger partial charge in [0.05, 0.1) is 24.5 Å². The summed E-state index contributed by atoms with van der Waals surface area (Å²) in [7, 11) is 0. The third-order valence-corrected chi connectivity index (χ3v) is 1.98. The Morgan fingerprint density at radius 1 is 1.53 bits per heavy atom. The van der Waals surface area contributed by atoms with Gasteiger partial charge in [-0.3, -0.25) is 0 Å². The first-order valence-corrected chi connectivity index (χ1v) is 5.11. The minimum absolute atomic E-state index is 0.0599. The van der Waals surface area contributed by atoms with Crippen molar-refractivity contribution in [2.45, 2.75) is 26.3 Å². The van der Waals surface area contributed by atoms with E-state index in [1.807, 2.05) is 26.0 Å². The Kier molecular flexibility index (Phi) is 4.49. The lowest BCUT2D eigenvalue weighted by Crippen LogP contribution is -2.15. The van der Waals surface area contributed by atoms with E-state index in [9.17, 15) is 0 Å². The standard InChI is InChI=1S/C12H16N2O/c1-4-10(5-2)14-11-7-8-12(13-9-11)15-6-3/h1,7-10,14H,5-6H2,2-3H3. The van der Waals surface area contributed by atoms with E-state index in [0.29, 0.717) is 12.5 Å². The van der Waals surface area contributed by atoms with Crippen LogP contribution in [0.3, 0.4) is 0 Å². The molecule has 0 fully saturated rings. The van der Waals surface area contributed by atoms with Crippen molar-refractivity contribution in [2.75, 3.05) is 11.9 Å². The van der Waals surface area contributed by atoms with Crippen LogP contribution in [0.1, 0.15) is 20.3 Å². The Morgan fingerprint density at radius 3 is 2.80 bits per heavy atom. The molecule has 1 rings (SSSR count). The Morgan fingerprint density at radius 2 is 2.33 bits per heavy atom. The molecular weight excluding hydrogens is 188 g/mol. The number of rotatable bonds is 5. The average Bonchev–Trinajstić information content (AvgIpc) is 2.28. The van der Waals surface area contributed by atoms with Gasteiger partial charge in [0.25, 0.3) is 0 Å². The number of nitrogens with one attached hydrogen (secondary N) is 1. The molecule has 0 aliphatic rings. The molecule has 0 saturated carbocycles. The highest BCUT2D eigenvalue weighted by Crippen LogP contribution is 2.12. The first kappa shape index (κ1) is 11.4. The smallest absolute Gasteiger partial charge is 0.213 e. The fourth-order valence-corrected chi connectivity index (χ4v) is 1.16. The third kappa shape index (κ3) is 3.51. The molecule has 1 unspecified atom stereocenters. The molecule has 0 spiro atoms. The van der Waals surface area contributed by atoms with Crippen LogP contribution in [0.2, 0.25) is 0 Å². The first-order valence-electron chi connectivity index (χ1n) is 5.11. The number of hydrogen-bond acceptors (Lipinski definition) is 3. The summed E-state index contributed by atoms with van der Waals surface area (Å²) in [6, 6.07) is 3.80. The molecule has 3 heteroatoms. The summed E-state index contributed by atoms with van der Waals surface area (Å²) < 4.78 is 5.24. The van der Waals surface area contributed by atoms with Crippen molar-refractivity contribution in [2.24, 2.45) is 0 Å². The van der Waals surface area contributed by atoms with Gasteiger partial charge in [0.15, 0.2) is 0 Å². The van der Waals surface area contributed by atoms with Crippen LogP contribution >= 0.6 is 0 Å². The highest BCUT2D eigenvalue weighted by molar-refractivity contribution is 5.44. The number of aromatic nitrogens is 1. The summed E-state index contributed by atoms with van der Waals surface area (Å²) in [6.07, 6.45) is 7.97. The van der Waals surface area contributed by atoms with Crippen molar-refractivity contribution in [3.63, 3.8) is 0 Å². The van der Waals surface area contributed by atoms with Gasteiger partial charge >= 0.3 is 0 Å². The van der Waals surface area contributed by atoms with E-state index in [0.717, 1.165) is 12.1 Å². The molecule has 1 heterocycles. The Labute approximate surface area is 90.9 Å². The zero-order chi connectivity index (χ0) is 11.1. The maximum atomic E-state index is 5.35. The second-order valence-electron chi connectivity index (χ2n) is 3.09. The van der Waals surface area contributed by atoms with E-state index in [-0.39, 0.29) is 6.04 Å². The van der Waals surface area contributed by atoms with Crippen LogP contribution in [-0.2, 0) is 0 Å². The van der Waals surface area contributed by atoms with Crippen LogP contribution in [-0.4, -0.2) is 17.6 Å². The van der Waals surface area contributed by atoms with E-state index in [1.54, 1.807) is 6.20 Å². The Bertz CT molecular complexity index is 326. The largest absolute Gasteiger partial charge is 0.478 e. The topological polar surface area (TPSA) is 34.1 Å². The van der Waals surface area contributed by atoms with Crippen LogP contribution in [0.15, 0.2) is 18.3 Å². The number of terminal acetylenes is 1. The molecule has 0 aliphatic heterocycles. The van der Waals surface area contributed by atoms with Gasteiger partial charge in [0.2, 0.25) is 5.88 Å². The normalized spacial score (nSPS) is 11.5. The number of hydrogen-bond donors (Lipinski definition) is 1. The van der Waals surface area contributed by atoms with Crippen LogP contribution in [0.25, 0.3) is 0 Å². The maximum absolute atomic E-state index is 5.35. The van der Waals surface area contributed by atoms with Gasteiger partial charge in [-0.2, -0.15) is 0 Å². The van der Waals surface area contributed by atoms with Crippen molar-refractivity contribution >= 4 is 5.69 Å². The third-order valence-electron chi connectivity index (χ3n) is 1.98. The highest BCUT2D eigenvalue weighted by atomic mass is 16.5. The fourth-order valence-electron chi connectivity index (χ4n) is 1.16. The van der Waals surface area contributed by atoms with Gasteiger partial charge in [-0.1, -0.05) is 12.8 Å². The fraction of sp³-hybridized carbons (Fsp3) is 0.417. The van der Waals surface area contributed by atoms with Crippen molar-refractivity contribution < 1.29 is 4.74 Å². The molecule has 0 saturated heterocycles. The quantitative estimate of drug-likeness (QED) is 0.747. The van der Waals surface area contributed by atoms with Gasteiger partial charge in [-0.25, -0.2) is 4.98 Å². The van der Waals surface area contributed by atoms with E-state index in [2.05, 4.69) is 16.2 Å². The van der Waals surface area contributed by atoms with Gasteiger partial charge in [0, 0.05) is 6.07 Å². The summed E-state index contributed by atoms with van der Waals surface area (Å²) in [6.45, 7) is 4.60. The molecule has 1 atom stereocenters. The van der Waals surface area contributed by atoms with Crippen LogP contribution in [0.4, 0.5) is 5.69 Å². The predicted molar refractivity (Wildman–Crippen MR) is 61.9 cm³/mol. The number of ether oxygens (including phenoxy) is 1. The summed E-state index contributed by atoms with van der Waals surface area (Å²) in [5.74, 6) is 3.31. The molecule has 15 heavy (non-hydrogen) atoms. The summed E-state index contributed by atoms with van der Waals surface area (Å²) >= 11 is 0. The SMILES string of the molecule is C#CC(CC)Nc1ccc(OCC)nc1. The molecule has 0 aliphatic carbocycles. The molecule has 1 N–H and O–H groups in total. The molecule has 3 nitrogen and oxygen atoms in total. The molecule has 80 valence electrons. The molecule has 0 amide bonds. The van der Waals surface area contributed by atoms with Gasteiger partial charge in [0.1, 0.15) is 0 Å². The minimum atomic E-state index is 0.0599.